The molecule has 3 rings (SSSR count). The molecule has 0 radical (unpaired) electrons. The van der Waals surface area contributed by atoms with Gasteiger partial charge in [-0.3, -0.25) is 4.79 Å². The third-order valence-corrected chi connectivity index (χ3v) is 3.78. The Balaban J connectivity index is 1.74. The van der Waals surface area contributed by atoms with E-state index in [9.17, 15) is 4.79 Å². The molecule has 1 aliphatic heterocycles. The predicted octanol–water partition coefficient (Wildman–Crippen LogP) is 3.85. The van der Waals surface area contributed by atoms with Gasteiger partial charge >= 0.3 is 0 Å². The zero-order valence-electron chi connectivity index (χ0n) is 13.3. The van der Waals surface area contributed by atoms with Crippen molar-refractivity contribution < 1.29 is 9.53 Å². The molecule has 0 saturated heterocycles. The van der Waals surface area contributed by atoms with Crippen molar-refractivity contribution in [2.75, 3.05) is 6.61 Å². The van der Waals surface area contributed by atoms with Crippen LogP contribution < -0.4 is 10.1 Å². The number of hydrogen-bond donors (Lipinski definition) is 1. The van der Waals surface area contributed by atoms with Gasteiger partial charge in [-0.05, 0) is 48.4 Å². The molecule has 2 aromatic carbocycles. The van der Waals surface area contributed by atoms with Gasteiger partial charge in [0.1, 0.15) is 17.3 Å². The molecule has 0 aliphatic carbocycles. The van der Waals surface area contributed by atoms with Gasteiger partial charge in [0, 0.05) is 11.4 Å². The first-order valence-electron chi connectivity index (χ1n) is 7.72. The zero-order valence-corrected chi connectivity index (χ0v) is 14.0. The molecular formula is C19H17ClN2O2. The van der Waals surface area contributed by atoms with Crippen LogP contribution in [0.2, 0.25) is 5.02 Å². The maximum absolute atomic E-state index is 12.1. The second-order valence-electron chi connectivity index (χ2n) is 5.35. The fraction of sp³-hybridized carbons (Fsp3) is 0.158. The maximum atomic E-state index is 12.1. The highest BCUT2D eigenvalue weighted by Crippen LogP contribution is 2.18. The van der Waals surface area contributed by atoms with E-state index in [-0.39, 0.29) is 5.91 Å². The quantitative estimate of drug-likeness (QED) is 0.840. The Morgan fingerprint density at radius 2 is 1.83 bits per heavy atom. The van der Waals surface area contributed by atoms with Gasteiger partial charge in [-0.1, -0.05) is 35.9 Å². The van der Waals surface area contributed by atoms with E-state index in [1.807, 2.05) is 55.5 Å². The summed E-state index contributed by atoms with van der Waals surface area (Å²) >= 11 is 5.88. The number of amides is 1. The largest absolute Gasteiger partial charge is 0.494 e. The van der Waals surface area contributed by atoms with E-state index in [4.69, 9.17) is 16.3 Å². The molecule has 0 bridgehead atoms. The third-order valence-electron chi connectivity index (χ3n) is 3.53. The molecule has 0 saturated carbocycles. The number of aliphatic imine (C=N–C) groups is 1. The second-order valence-corrected chi connectivity index (χ2v) is 5.78. The van der Waals surface area contributed by atoms with E-state index in [1.165, 1.54) is 0 Å². The first-order valence-corrected chi connectivity index (χ1v) is 8.10. The molecule has 0 spiro atoms. The number of hydrogen-bond acceptors (Lipinski definition) is 3. The van der Waals surface area contributed by atoms with Crippen LogP contribution in [-0.4, -0.2) is 18.3 Å². The van der Waals surface area contributed by atoms with Gasteiger partial charge in [-0.2, -0.15) is 0 Å². The summed E-state index contributed by atoms with van der Waals surface area (Å²) in [6, 6.07) is 15.0. The summed E-state index contributed by atoms with van der Waals surface area (Å²) < 4.78 is 5.41. The van der Waals surface area contributed by atoms with Crippen LogP contribution in [0.5, 0.6) is 5.75 Å². The summed E-state index contributed by atoms with van der Waals surface area (Å²) in [5.41, 5.74) is 2.35. The maximum Gasteiger partial charge on any atom is 0.275 e. The van der Waals surface area contributed by atoms with Crippen LogP contribution in [0.25, 0.3) is 6.08 Å². The number of ether oxygens (including phenoxy) is 1. The molecule has 2 aromatic rings. The van der Waals surface area contributed by atoms with Gasteiger partial charge in [0.2, 0.25) is 0 Å². The summed E-state index contributed by atoms with van der Waals surface area (Å²) in [6.07, 6.45) is 2.32. The molecule has 1 aliphatic rings. The summed E-state index contributed by atoms with van der Waals surface area (Å²) in [6.45, 7) is 2.57. The number of halogens is 1. The van der Waals surface area contributed by atoms with Gasteiger partial charge in [0.15, 0.2) is 0 Å². The van der Waals surface area contributed by atoms with Crippen molar-refractivity contribution >= 4 is 29.4 Å². The van der Waals surface area contributed by atoms with Crippen molar-refractivity contribution in [2.24, 2.45) is 4.99 Å². The number of rotatable bonds is 5. The normalized spacial score (nSPS) is 15.3. The molecule has 5 heteroatoms. The summed E-state index contributed by atoms with van der Waals surface area (Å²) in [5.74, 6) is 1.26. The fourth-order valence-electron chi connectivity index (χ4n) is 2.38. The van der Waals surface area contributed by atoms with E-state index < -0.39 is 0 Å². The molecule has 0 unspecified atom stereocenters. The van der Waals surface area contributed by atoms with E-state index in [2.05, 4.69) is 10.3 Å². The smallest absolute Gasteiger partial charge is 0.275 e. The Hall–Kier alpha value is -2.59. The molecule has 4 nitrogen and oxygen atoms in total. The lowest BCUT2D eigenvalue weighted by Gasteiger charge is -2.02. The van der Waals surface area contributed by atoms with Crippen LogP contribution in [0.3, 0.4) is 0 Å². The van der Waals surface area contributed by atoms with Crippen LogP contribution in [0, 0.1) is 0 Å². The van der Waals surface area contributed by atoms with Crippen molar-refractivity contribution in [1.82, 2.24) is 5.32 Å². The zero-order chi connectivity index (χ0) is 16.9. The minimum atomic E-state index is -0.187. The number of carbonyl (C=O) groups is 1. The van der Waals surface area contributed by atoms with Crippen LogP contribution in [0.4, 0.5) is 0 Å². The number of nitrogens with one attached hydrogen (secondary N) is 1. The number of carbonyl (C=O) groups excluding carboxylic acids is 1. The molecular weight excluding hydrogens is 324 g/mol. The highest BCUT2D eigenvalue weighted by molar-refractivity contribution is 6.30. The Morgan fingerprint density at radius 1 is 1.12 bits per heavy atom. The lowest BCUT2D eigenvalue weighted by molar-refractivity contribution is -0.115. The molecule has 122 valence electrons. The van der Waals surface area contributed by atoms with Crippen LogP contribution in [0.1, 0.15) is 18.1 Å². The Labute approximate surface area is 145 Å². The number of benzene rings is 2. The van der Waals surface area contributed by atoms with Crippen molar-refractivity contribution in [2.45, 2.75) is 13.3 Å². The van der Waals surface area contributed by atoms with E-state index >= 15 is 0 Å². The van der Waals surface area contributed by atoms with Gasteiger partial charge < -0.3 is 10.1 Å². The van der Waals surface area contributed by atoms with Crippen molar-refractivity contribution in [1.29, 1.82) is 0 Å². The fourth-order valence-corrected chi connectivity index (χ4v) is 2.51. The highest BCUT2D eigenvalue weighted by Gasteiger charge is 2.19. The number of amidine groups is 1. The third kappa shape index (κ3) is 4.03. The molecule has 0 fully saturated rings. The number of nitrogens with zero attached hydrogens (tertiary/aromatic N) is 1. The standard InChI is InChI=1S/C19H17ClN2O2/c1-2-24-16-9-5-13(6-10-16)11-17-19(23)22-18(21-17)12-14-3-7-15(20)8-4-14/h3-11H,2,12H2,1H3,(H,21,22,23)/b17-11+. The average molecular weight is 341 g/mol. The van der Waals surface area contributed by atoms with E-state index in [0.29, 0.717) is 29.6 Å². The minimum Gasteiger partial charge on any atom is -0.494 e. The summed E-state index contributed by atoms with van der Waals surface area (Å²) in [5, 5.41) is 3.49. The van der Waals surface area contributed by atoms with E-state index in [0.717, 1.165) is 16.9 Å². The van der Waals surface area contributed by atoms with Crippen molar-refractivity contribution in [3.8, 4) is 5.75 Å². The van der Waals surface area contributed by atoms with Gasteiger partial charge in [-0.15, -0.1) is 0 Å². The highest BCUT2D eigenvalue weighted by atomic mass is 35.5. The second kappa shape index (κ2) is 7.32. The molecule has 24 heavy (non-hydrogen) atoms. The van der Waals surface area contributed by atoms with Gasteiger partial charge in [0.05, 0.1) is 6.61 Å². The molecule has 1 amide bonds. The molecule has 1 N–H and O–H groups in total. The molecule has 1 heterocycles. The summed E-state index contributed by atoms with van der Waals surface area (Å²) in [4.78, 5) is 16.5. The van der Waals surface area contributed by atoms with Gasteiger partial charge in [0.25, 0.3) is 5.91 Å². The first kappa shape index (κ1) is 16.3. The average Bonchev–Trinajstić information content (AvgIpc) is 2.91. The lowest BCUT2D eigenvalue weighted by Crippen LogP contribution is -2.25. The summed E-state index contributed by atoms with van der Waals surface area (Å²) in [7, 11) is 0. The van der Waals surface area contributed by atoms with Gasteiger partial charge in [-0.25, -0.2) is 4.99 Å². The molecule has 0 aromatic heterocycles. The van der Waals surface area contributed by atoms with E-state index in [1.54, 1.807) is 6.08 Å². The van der Waals surface area contributed by atoms with Crippen molar-refractivity contribution in [3.63, 3.8) is 0 Å². The molecule has 0 atom stereocenters. The first-order chi connectivity index (χ1) is 11.6. The monoisotopic (exact) mass is 340 g/mol. The minimum absolute atomic E-state index is 0.187. The predicted molar refractivity (Wildman–Crippen MR) is 96.3 cm³/mol. The lowest BCUT2D eigenvalue weighted by atomic mass is 10.1. The Kier molecular flexibility index (Phi) is 4.96. The Morgan fingerprint density at radius 3 is 2.50 bits per heavy atom. The Bertz CT molecular complexity index is 793. The van der Waals surface area contributed by atoms with Crippen molar-refractivity contribution in [3.05, 3.63) is 70.4 Å². The van der Waals surface area contributed by atoms with Crippen LogP contribution in [-0.2, 0) is 11.2 Å². The van der Waals surface area contributed by atoms with Crippen LogP contribution >= 0.6 is 11.6 Å². The topological polar surface area (TPSA) is 50.7 Å². The SMILES string of the molecule is CCOc1ccc(/C=C2/N=C(Cc3ccc(Cl)cc3)NC2=O)cc1. The van der Waals surface area contributed by atoms with Crippen LogP contribution in [0.15, 0.2) is 59.2 Å².